The van der Waals surface area contributed by atoms with Crippen LogP contribution in [0.1, 0.15) is 57.1 Å². The molecule has 1 aliphatic heterocycles. The number of anilines is 1. The molecule has 4 aromatic carbocycles. The Morgan fingerprint density at radius 3 is 2.57 bits per heavy atom. The maximum atomic E-state index is 13.0. The minimum Gasteiger partial charge on any atom is -0.487 e. The van der Waals surface area contributed by atoms with E-state index in [0.29, 0.717) is 22.9 Å². The normalized spacial score (nSPS) is 21.3. The number of ether oxygens (including phenoxy) is 1. The molecule has 8 rings (SSSR count). The van der Waals surface area contributed by atoms with Crippen molar-refractivity contribution in [3.05, 3.63) is 77.9 Å². The topological polar surface area (TPSA) is 77.0 Å². The second-order valence-electron chi connectivity index (χ2n) is 12.6. The van der Waals surface area contributed by atoms with Crippen LogP contribution in [-0.4, -0.2) is 26.5 Å². The molecule has 0 spiro atoms. The lowest BCUT2D eigenvalue weighted by atomic mass is 9.64. The van der Waals surface area contributed by atoms with E-state index in [0.717, 1.165) is 67.2 Å². The second kappa shape index (κ2) is 9.46. The van der Waals surface area contributed by atoms with Gasteiger partial charge in [-0.05, 0) is 68.4 Å². The molecule has 3 unspecified atom stereocenters. The van der Waals surface area contributed by atoms with Crippen LogP contribution < -0.4 is 10.1 Å². The van der Waals surface area contributed by atoms with E-state index >= 15 is 0 Å². The van der Waals surface area contributed by atoms with E-state index in [1.807, 2.05) is 42.5 Å². The Morgan fingerprint density at radius 2 is 1.71 bits per heavy atom. The van der Waals surface area contributed by atoms with Crippen molar-refractivity contribution in [3.63, 3.8) is 0 Å². The zero-order chi connectivity index (χ0) is 28.6. The van der Waals surface area contributed by atoms with Crippen LogP contribution in [-0.2, 0) is 11.2 Å². The summed E-state index contributed by atoms with van der Waals surface area (Å²) in [4.78, 5) is 28.0. The minimum absolute atomic E-state index is 0.0970. The molecule has 0 bridgehead atoms. The molecule has 42 heavy (non-hydrogen) atoms. The molecule has 1 fully saturated rings. The fourth-order valence-corrected chi connectivity index (χ4v) is 8.21. The van der Waals surface area contributed by atoms with Gasteiger partial charge in [0.2, 0.25) is 5.91 Å². The fourth-order valence-electron chi connectivity index (χ4n) is 7.32. The monoisotopic (exact) mass is 572 g/mol. The van der Waals surface area contributed by atoms with E-state index in [4.69, 9.17) is 14.7 Å². The Labute approximate surface area is 248 Å². The highest BCUT2D eigenvalue weighted by Crippen LogP contribution is 2.56. The van der Waals surface area contributed by atoms with Crippen LogP contribution in [0.15, 0.2) is 66.7 Å². The van der Waals surface area contributed by atoms with Crippen molar-refractivity contribution in [2.45, 2.75) is 58.0 Å². The largest absolute Gasteiger partial charge is 0.487 e. The quantitative estimate of drug-likeness (QED) is 0.170. The van der Waals surface area contributed by atoms with Crippen molar-refractivity contribution < 1.29 is 9.53 Å². The van der Waals surface area contributed by atoms with E-state index in [1.54, 1.807) is 0 Å². The number of nitrogens with one attached hydrogen (secondary N) is 1. The Morgan fingerprint density at radius 1 is 0.929 bits per heavy atom. The second-order valence-corrected chi connectivity index (χ2v) is 13.6. The Bertz CT molecular complexity index is 2020. The zero-order valence-electron chi connectivity index (χ0n) is 24.0. The van der Waals surface area contributed by atoms with E-state index in [9.17, 15) is 4.79 Å². The first-order chi connectivity index (χ1) is 20.3. The number of rotatable bonds is 3. The molecule has 1 aliphatic carbocycles. The van der Waals surface area contributed by atoms with Gasteiger partial charge in [0.25, 0.3) is 0 Å². The number of benzene rings is 4. The van der Waals surface area contributed by atoms with Gasteiger partial charge in [-0.1, -0.05) is 67.1 Å². The number of nitrogens with zero attached hydrogens (tertiary/aromatic N) is 3. The predicted molar refractivity (Wildman–Crippen MR) is 170 cm³/mol. The smallest absolute Gasteiger partial charge is 0.230 e. The number of thiazole rings is 1. The zero-order valence-corrected chi connectivity index (χ0v) is 24.8. The standard InChI is InChI=1S/C35H32N4O2S/c1-19-12-14-24-23(16-19)30-32-31(21-8-4-5-9-22(21)33(30)41-35(24,2)3)36-25-15-13-20(17-27(25)37-32)18-29(40)39-34-38-26-10-6-7-11-28(26)42-34/h4-11,13,15,17,19,23-24H,12,14,16,18H2,1-3H3,(H,38,39,40). The summed E-state index contributed by atoms with van der Waals surface area (Å²) in [5.74, 6) is 2.33. The molecule has 6 nitrogen and oxygen atoms in total. The summed E-state index contributed by atoms with van der Waals surface area (Å²) < 4.78 is 7.94. The average molecular weight is 573 g/mol. The van der Waals surface area contributed by atoms with Gasteiger partial charge in [-0.15, -0.1) is 0 Å². The van der Waals surface area contributed by atoms with Crippen LogP contribution in [0.3, 0.4) is 0 Å². The highest BCUT2D eigenvalue weighted by atomic mass is 32.1. The minimum atomic E-state index is -0.248. The average Bonchev–Trinajstić information content (AvgIpc) is 3.38. The van der Waals surface area contributed by atoms with Gasteiger partial charge in [0, 0.05) is 22.3 Å². The number of hydrogen-bond acceptors (Lipinski definition) is 6. The maximum absolute atomic E-state index is 13.0. The van der Waals surface area contributed by atoms with Gasteiger partial charge in [0.15, 0.2) is 5.13 Å². The van der Waals surface area contributed by atoms with E-state index in [-0.39, 0.29) is 17.9 Å². The van der Waals surface area contributed by atoms with Crippen molar-refractivity contribution in [2.24, 2.45) is 11.8 Å². The van der Waals surface area contributed by atoms with E-state index in [1.165, 1.54) is 23.3 Å². The van der Waals surface area contributed by atoms with Crippen LogP contribution in [0.4, 0.5) is 5.13 Å². The molecule has 1 N–H and O–H groups in total. The number of carbonyl (C=O) groups is 1. The van der Waals surface area contributed by atoms with Crippen LogP contribution in [0.5, 0.6) is 5.75 Å². The lowest BCUT2D eigenvalue weighted by molar-refractivity contribution is -0.115. The van der Waals surface area contributed by atoms with Crippen molar-refractivity contribution in [1.82, 2.24) is 15.0 Å². The summed E-state index contributed by atoms with van der Waals surface area (Å²) in [6.45, 7) is 6.87. The highest BCUT2D eigenvalue weighted by Gasteiger charge is 2.47. The van der Waals surface area contributed by atoms with Gasteiger partial charge in [0.05, 0.1) is 38.7 Å². The number of para-hydroxylation sites is 1. The van der Waals surface area contributed by atoms with E-state index < -0.39 is 0 Å². The first-order valence-electron chi connectivity index (χ1n) is 14.8. The number of fused-ring (bicyclic) bond motifs is 10. The lowest BCUT2D eigenvalue weighted by Gasteiger charge is -2.49. The molecule has 0 saturated heterocycles. The molecular formula is C35H32N4O2S. The van der Waals surface area contributed by atoms with Gasteiger partial charge >= 0.3 is 0 Å². The number of carbonyl (C=O) groups excluding carboxylic acids is 1. The van der Waals surface area contributed by atoms with Crippen LogP contribution in [0.25, 0.3) is 43.1 Å². The van der Waals surface area contributed by atoms with Crippen molar-refractivity contribution in [3.8, 4) is 5.75 Å². The Hall–Kier alpha value is -4.10. The molecule has 210 valence electrons. The van der Waals surface area contributed by atoms with Crippen LogP contribution in [0, 0.1) is 11.8 Å². The summed E-state index contributed by atoms with van der Waals surface area (Å²) >= 11 is 1.49. The number of amides is 1. The number of hydrogen-bond donors (Lipinski definition) is 1. The highest BCUT2D eigenvalue weighted by molar-refractivity contribution is 7.22. The Kier molecular flexibility index (Phi) is 5.77. The molecule has 0 radical (unpaired) electrons. The summed E-state index contributed by atoms with van der Waals surface area (Å²) in [5.41, 5.74) is 6.25. The summed E-state index contributed by atoms with van der Waals surface area (Å²) in [5, 5.41) is 5.77. The van der Waals surface area contributed by atoms with E-state index in [2.05, 4.69) is 55.3 Å². The van der Waals surface area contributed by atoms with Gasteiger partial charge in [0.1, 0.15) is 11.4 Å². The predicted octanol–water partition coefficient (Wildman–Crippen LogP) is 8.42. The molecule has 3 atom stereocenters. The molecule has 2 aliphatic rings. The molecule has 1 amide bonds. The fraction of sp³-hybridized carbons (Fsp3) is 0.314. The van der Waals surface area contributed by atoms with Crippen molar-refractivity contribution in [2.75, 3.05) is 5.32 Å². The third-order valence-electron chi connectivity index (χ3n) is 9.30. The van der Waals surface area contributed by atoms with Gasteiger partial charge < -0.3 is 10.1 Å². The van der Waals surface area contributed by atoms with Gasteiger partial charge in [-0.2, -0.15) is 0 Å². The SMILES string of the molecule is CC1CCC2C(C1)c1c(c3ccccc3c3nc4ccc(CC(=O)Nc5nc6ccccc6s5)cc4nc13)OC2(C)C. The first-order valence-corrected chi connectivity index (χ1v) is 15.6. The van der Waals surface area contributed by atoms with Crippen molar-refractivity contribution in [1.29, 1.82) is 0 Å². The van der Waals surface area contributed by atoms with Crippen LogP contribution in [0.2, 0.25) is 0 Å². The maximum Gasteiger partial charge on any atom is 0.230 e. The number of aromatic nitrogens is 3. The molecular weight excluding hydrogens is 540 g/mol. The Balaban J connectivity index is 1.23. The molecule has 3 heterocycles. The lowest BCUT2D eigenvalue weighted by Crippen LogP contribution is -2.46. The van der Waals surface area contributed by atoms with Gasteiger partial charge in [-0.3, -0.25) is 4.79 Å². The first kappa shape index (κ1) is 25.6. The summed E-state index contributed by atoms with van der Waals surface area (Å²) in [7, 11) is 0. The molecule has 6 aromatic rings. The van der Waals surface area contributed by atoms with Crippen molar-refractivity contribution >= 4 is 65.4 Å². The summed E-state index contributed by atoms with van der Waals surface area (Å²) in [6.07, 6.45) is 3.75. The third-order valence-corrected chi connectivity index (χ3v) is 10.3. The molecule has 7 heteroatoms. The third kappa shape index (κ3) is 4.13. The summed E-state index contributed by atoms with van der Waals surface area (Å²) in [6, 6.07) is 22.3. The molecule has 2 aromatic heterocycles. The van der Waals surface area contributed by atoms with Crippen LogP contribution >= 0.6 is 11.3 Å². The van der Waals surface area contributed by atoms with Gasteiger partial charge in [-0.25, -0.2) is 15.0 Å². The molecule has 1 saturated carbocycles.